The summed E-state index contributed by atoms with van der Waals surface area (Å²) in [7, 11) is 0. The SMILES string of the molecule is C=CCCC(=O)N[C@H](C)[C@@H](OC(=O)[C@@H]1[C@H]2O[C@@]3(CC2Br)[C@H](C(=O)N(CC=C)c2c(C)cccc2Cl)N([C@@H](CO)Cc2ccccc2)C(=O)[C@@H]13)c1ccccc1. The topological polar surface area (TPSA) is 125 Å². The molecular weight excluding hydrogens is 786 g/mol. The van der Waals surface area contributed by atoms with Crippen LogP contribution in [0, 0.1) is 18.8 Å². The number of aryl methyl sites for hydroxylation is 1. The monoisotopic (exact) mass is 831 g/mol. The molecule has 3 saturated heterocycles. The molecule has 9 atom stereocenters. The van der Waals surface area contributed by atoms with E-state index in [-0.39, 0.29) is 31.7 Å². The van der Waals surface area contributed by atoms with Crippen molar-refractivity contribution in [3.05, 3.63) is 126 Å². The number of aliphatic hydroxyl groups is 1. The van der Waals surface area contributed by atoms with Crippen LogP contribution in [-0.2, 0) is 35.1 Å². The highest BCUT2D eigenvalue weighted by atomic mass is 79.9. The van der Waals surface area contributed by atoms with E-state index in [1.165, 1.54) is 9.80 Å². The second kappa shape index (κ2) is 17.2. The number of halogens is 2. The predicted molar refractivity (Wildman–Crippen MR) is 215 cm³/mol. The minimum atomic E-state index is -1.46. The molecule has 0 saturated carbocycles. The van der Waals surface area contributed by atoms with Crippen molar-refractivity contribution in [1.82, 2.24) is 10.2 Å². The van der Waals surface area contributed by atoms with Gasteiger partial charge in [0.05, 0.1) is 47.3 Å². The van der Waals surface area contributed by atoms with Gasteiger partial charge in [0.25, 0.3) is 5.91 Å². The highest BCUT2D eigenvalue weighted by molar-refractivity contribution is 9.09. The number of ether oxygens (including phenoxy) is 2. The fourth-order valence-corrected chi connectivity index (χ4v) is 9.89. The lowest BCUT2D eigenvalue weighted by molar-refractivity contribution is -0.162. The molecule has 3 aromatic rings. The van der Waals surface area contributed by atoms with Crippen molar-refractivity contribution in [2.45, 2.75) is 80.3 Å². The summed E-state index contributed by atoms with van der Waals surface area (Å²) in [4.78, 5) is 60.4. The molecule has 0 aliphatic carbocycles. The molecule has 3 fully saturated rings. The van der Waals surface area contributed by atoms with Crippen LogP contribution in [-0.4, -0.2) is 81.5 Å². The Kier molecular flexibility index (Phi) is 12.7. The van der Waals surface area contributed by atoms with Crippen molar-refractivity contribution < 1.29 is 33.8 Å². The van der Waals surface area contributed by atoms with Gasteiger partial charge < -0.3 is 29.7 Å². The number of hydrogen-bond acceptors (Lipinski definition) is 7. The van der Waals surface area contributed by atoms with Crippen molar-refractivity contribution >= 4 is 56.9 Å². The van der Waals surface area contributed by atoms with Crippen LogP contribution in [0.25, 0.3) is 0 Å². The number of nitrogens with zero attached hydrogens (tertiary/aromatic N) is 2. The van der Waals surface area contributed by atoms with E-state index >= 15 is 9.59 Å². The summed E-state index contributed by atoms with van der Waals surface area (Å²) in [5.41, 5.74) is 1.27. The number of anilines is 1. The Morgan fingerprint density at radius 1 is 1.09 bits per heavy atom. The number of para-hydroxylation sites is 1. The number of fused-ring (bicyclic) bond motifs is 1. The molecular formula is C43H47BrClN3O7. The zero-order valence-corrected chi connectivity index (χ0v) is 33.3. The van der Waals surface area contributed by atoms with Crippen LogP contribution < -0.4 is 10.2 Å². The van der Waals surface area contributed by atoms with Gasteiger partial charge in [-0.2, -0.15) is 0 Å². The molecule has 3 heterocycles. The highest BCUT2D eigenvalue weighted by Gasteiger charge is 2.77. The summed E-state index contributed by atoms with van der Waals surface area (Å²) in [5, 5.41) is 14.3. The van der Waals surface area contributed by atoms with Crippen LogP contribution in [0.2, 0.25) is 5.02 Å². The Morgan fingerprint density at radius 2 is 1.78 bits per heavy atom. The summed E-state index contributed by atoms with van der Waals surface area (Å²) in [6.45, 7) is 10.8. The van der Waals surface area contributed by atoms with Gasteiger partial charge >= 0.3 is 5.97 Å². The molecule has 2 N–H and O–H groups in total. The first-order valence-electron chi connectivity index (χ1n) is 18.6. The first-order chi connectivity index (χ1) is 26.5. The van der Waals surface area contributed by atoms with E-state index in [1.807, 2.05) is 73.7 Å². The number of rotatable bonds is 16. The van der Waals surface area contributed by atoms with Crippen LogP contribution >= 0.6 is 27.5 Å². The van der Waals surface area contributed by atoms with Crippen LogP contribution in [0.1, 0.15) is 49.0 Å². The van der Waals surface area contributed by atoms with Gasteiger partial charge in [-0.3, -0.25) is 19.2 Å². The van der Waals surface area contributed by atoms with Gasteiger partial charge in [-0.25, -0.2) is 0 Å². The largest absolute Gasteiger partial charge is 0.455 e. The smallest absolute Gasteiger partial charge is 0.313 e. The molecule has 3 amide bonds. The molecule has 2 bridgehead atoms. The van der Waals surface area contributed by atoms with Gasteiger partial charge in [-0.05, 0) is 55.9 Å². The molecule has 290 valence electrons. The number of amides is 3. The number of carbonyl (C=O) groups excluding carboxylic acids is 4. The Bertz CT molecular complexity index is 1890. The second-order valence-electron chi connectivity index (χ2n) is 14.5. The van der Waals surface area contributed by atoms with Crippen molar-refractivity contribution in [1.29, 1.82) is 0 Å². The summed E-state index contributed by atoms with van der Waals surface area (Å²) in [6.07, 6.45) is 2.76. The number of nitrogens with one attached hydrogen (secondary N) is 1. The maximum absolute atomic E-state index is 15.3. The first-order valence-corrected chi connectivity index (χ1v) is 19.9. The normalized spacial score (nSPS) is 25.4. The number of likely N-dealkylation sites (tertiary alicyclic amines) is 1. The Balaban J connectivity index is 1.42. The fraction of sp³-hybridized carbons (Fsp3) is 0.395. The van der Waals surface area contributed by atoms with Crippen LogP contribution in [0.5, 0.6) is 0 Å². The average molecular weight is 833 g/mol. The molecule has 1 unspecified atom stereocenters. The lowest BCUT2D eigenvalue weighted by atomic mass is 9.70. The Labute approximate surface area is 335 Å². The van der Waals surface area contributed by atoms with Crippen molar-refractivity contribution in [2.24, 2.45) is 11.8 Å². The molecule has 1 spiro atoms. The van der Waals surface area contributed by atoms with Crippen LogP contribution in [0.4, 0.5) is 5.69 Å². The van der Waals surface area contributed by atoms with Gasteiger partial charge in [0.1, 0.15) is 17.7 Å². The molecule has 3 aliphatic heterocycles. The Morgan fingerprint density at radius 3 is 2.42 bits per heavy atom. The number of esters is 1. The van der Waals surface area contributed by atoms with E-state index in [9.17, 15) is 14.7 Å². The molecule has 10 nitrogen and oxygen atoms in total. The van der Waals surface area contributed by atoms with Crippen molar-refractivity contribution in [3.8, 4) is 0 Å². The number of carbonyl (C=O) groups is 4. The summed E-state index contributed by atoms with van der Waals surface area (Å²) < 4.78 is 13.1. The van der Waals surface area contributed by atoms with Crippen LogP contribution in [0.15, 0.2) is 104 Å². The van der Waals surface area contributed by atoms with E-state index in [4.69, 9.17) is 21.1 Å². The molecule has 0 radical (unpaired) electrons. The molecule has 6 rings (SSSR count). The summed E-state index contributed by atoms with van der Waals surface area (Å²) in [5.74, 6) is -4.06. The number of benzene rings is 3. The van der Waals surface area contributed by atoms with Gasteiger partial charge in [-0.1, -0.05) is 112 Å². The lowest BCUT2D eigenvalue weighted by Crippen LogP contribution is -2.59. The quantitative estimate of drug-likeness (QED) is 0.0991. The third kappa shape index (κ3) is 7.77. The van der Waals surface area contributed by atoms with Gasteiger partial charge in [0, 0.05) is 17.8 Å². The van der Waals surface area contributed by atoms with E-state index in [1.54, 1.807) is 31.2 Å². The molecule has 0 aromatic heterocycles. The molecule has 3 aromatic carbocycles. The zero-order chi connectivity index (χ0) is 39.4. The van der Waals surface area contributed by atoms with E-state index in [0.717, 1.165) is 11.1 Å². The summed E-state index contributed by atoms with van der Waals surface area (Å²) in [6, 6.07) is 21.2. The van der Waals surface area contributed by atoms with E-state index in [0.29, 0.717) is 22.7 Å². The average Bonchev–Trinajstić information content (AvgIpc) is 3.78. The molecule has 12 heteroatoms. The number of alkyl halides is 1. The minimum absolute atomic E-state index is 0.0764. The molecule has 55 heavy (non-hydrogen) atoms. The number of aliphatic hydroxyl groups excluding tert-OH is 1. The lowest BCUT2D eigenvalue weighted by Gasteiger charge is -2.40. The van der Waals surface area contributed by atoms with Crippen molar-refractivity contribution in [2.75, 3.05) is 18.1 Å². The summed E-state index contributed by atoms with van der Waals surface area (Å²) >= 11 is 10.5. The second-order valence-corrected chi connectivity index (χ2v) is 16.1. The van der Waals surface area contributed by atoms with Crippen molar-refractivity contribution in [3.63, 3.8) is 0 Å². The third-order valence-electron chi connectivity index (χ3n) is 11.0. The van der Waals surface area contributed by atoms with Gasteiger partial charge in [0.15, 0.2) is 0 Å². The van der Waals surface area contributed by atoms with E-state index < -0.39 is 77.0 Å². The molecule has 3 aliphatic rings. The maximum Gasteiger partial charge on any atom is 0.313 e. The zero-order valence-electron chi connectivity index (χ0n) is 31.0. The fourth-order valence-electron chi connectivity index (χ4n) is 8.62. The van der Waals surface area contributed by atoms with Gasteiger partial charge in [-0.15, -0.1) is 13.2 Å². The van der Waals surface area contributed by atoms with Gasteiger partial charge in [0.2, 0.25) is 11.8 Å². The number of allylic oxidation sites excluding steroid dienone is 1. The third-order valence-corrected chi connectivity index (χ3v) is 12.1. The van der Waals surface area contributed by atoms with E-state index in [2.05, 4.69) is 34.4 Å². The minimum Gasteiger partial charge on any atom is -0.455 e. The maximum atomic E-state index is 15.3. The standard InChI is InChI=1S/C43H47BrClN3O7/c1-5-7-21-33(50)46-27(4)37(29-18-12-9-13-19-29)54-42(53)34-35-40(51)48(30(25-49)23-28-16-10-8-11-17-28)39(43(35)24-31(44)38(34)55-43)41(52)47(22-6-2)36-26(3)15-14-20-32(36)45/h5-6,8-20,27,30-31,34-35,37-39,49H,1-2,7,21-25H2,3-4H3,(H,46,50)/t27-,30-,31?,34+,35-,37-,38+,39+,43-/m1/s1. The Hall–Kier alpha value is -4.29. The van der Waals surface area contributed by atoms with Crippen LogP contribution in [0.3, 0.4) is 0 Å². The first kappa shape index (κ1) is 40.4. The predicted octanol–water partition coefficient (Wildman–Crippen LogP) is 6.27. The highest BCUT2D eigenvalue weighted by Crippen LogP contribution is 2.61. The number of hydrogen-bond donors (Lipinski definition) is 2.